The van der Waals surface area contributed by atoms with Crippen LogP contribution in [0.5, 0.6) is 0 Å². The van der Waals surface area contributed by atoms with Gasteiger partial charge in [0, 0.05) is 31.6 Å². The Balaban J connectivity index is 1.58. The molecule has 0 spiro atoms. The van der Waals surface area contributed by atoms with E-state index < -0.39 is 0 Å². The molecular formula is C13H19N3O2. The van der Waals surface area contributed by atoms with Crippen LogP contribution in [0.2, 0.25) is 0 Å². The van der Waals surface area contributed by atoms with Crippen molar-refractivity contribution < 1.29 is 4.74 Å². The maximum absolute atomic E-state index is 12.1. The fourth-order valence-corrected chi connectivity index (χ4v) is 2.41. The Labute approximate surface area is 106 Å². The van der Waals surface area contributed by atoms with Gasteiger partial charge in [0.25, 0.3) is 5.56 Å². The summed E-state index contributed by atoms with van der Waals surface area (Å²) in [7, 11) is 0. The van der Waals surface area contributed by atoms with Crippen molar-refractivity contribution in [2.24, 2.45) is 0 Å². The maximum Gasteiger partial charge on any atom is 0.293 e. The largest absolute Gasteiger partial charge is 0.378 e. The molecule has 1 saturated carbocycles. The second-order valence-electron chi connectivity index (χ2n) is 5.07. The minimum Gasteiger partial charge on any atom is -0.378 e. The lowest BCUT2D eigenvalue weighted by molar-refractivity contribution is 0.107. The minimum atomic E-state index is 0.00680. The van der Waals surface area contributed by atoms with Crippen LogP contribution in [0.3, 0.4) is 0 Å². The molecule has 1 aromatic heterocycles. The summed E-state index contributed by atoms with van der Waals surface area (Å²) < 4.78 is 7.34. The van der Waals surface area contributed by atoms with Crippen LogP contribution in [0.15, 0.2) is 17.2 Å². The van der Waals surface area contributed by atoms with E-state index in [0.29, 0.717) is 18.0 Å². The fraction of sp³-hybridized carbons (Fsp3) is 0.692. The summed E-state index contributed by atoms with van der Waals surface area (Å²) in [5.74, 6) is 0.474. The van der Waals surface area contributed by atoms with Crippen molar-refractivity contribution in [3.8, 4) is 0 Å². The van der Waals surface area contributed by atoms with Crippen LogP contribution in [0.1, 0.15) is 38.1 Å². The predicted molar refractivity (Wildman–Crippen MR) is 68.8 cm³/mol. The van der Waals surface area contributed by atoms with Gasteiger partial charge in [-0.1, -0.05) is 0 Å². The Bertz CT molecular complexity index is 462. The van der Waals surface area contributed by atoms with Gasteiger partial charge in [-0.05, 0) is 32.1 Å². The van der Waals surface area contributed by atoms with Gasteiger partial charge < -0.3 is 14.6 Å². The molecule has 18 heavy (non-hydrogen) atoms. The molecule has 5 nitrogen and oxygen atoms in total. The SMILES string of the molecule is O=c1c(NCCC2CCCO2)nccn1C1CC1. The van der Waals surface area contributed by atoms with Crippen molar-refractivity contribution in [1.82, 2.24) is 9.55 Å². The van der Waals surface area contributed by atoms with Crippen LogP contribution in [0, 0.1) is 0 Å². The first-order chi connectivity index (χ1) is 8.84. The first-order valence-corrected chi connectivity index (χ1v) is 6.77. The van der Waals surface area contributed by atoms with Gasteiger partial charge in [-0.2, -0.15) is 0 Å². The Kier molecular flexibility index (Phi) is 3.32. The molecule has 0 amide bonds. The molecule has 1 aliphatic carbocycles. The minimum absolute atomic E-state index is 0.00680. The molecule has 2 aliphatic rings. The van der Waals surface area contributed by atoms with E-state index in [1.54, 1.807) is 17.0 Å². The number of hydrogen-bond acceptors (Lipinski definition) is 4. The van der Waals surface area contributed by atoms with Gasteiger partial charge in [0.1, 0.15) is 0 Å². The van der Waals surface area contributed by atoms with Crippen LogP contribution < -0.4 is 10.9 Å². The van der Waals surface area contributed by atoms with E-state index in [2.05, 4.69) is 10.3 Å². The molecule has 98 valence electrons. The molecule has 1 unspecified atom stereocenters. The Morgan fingerprint density at radius 3 is 3.06 bits per heavy atom. The van der Waals surface area contributed by atoms with Crippen LogP contribution in [0.25, 0.3) is 0 Å². The first kappa shape index (κ1) is 11.7. The smallest absolute Gasteiger partial charge is 0.293 e. The predicted octanol–water partition coefficient (Wildman–Crippen LogP) is 1.56. The van der Waals surface area contributed by atoms with Gasteiger partial charge in [0.05, 0.1) is 6.10 Å². The lowest BCUT2D eigenvalue weighted by Crippen LogP contribution is -2.25. The lowest BCUT2D eigenvalue weighted by Gasteiger charge is -2.11. The number of nitrogens with zero attached hydrogens (tertiary/aromatic N) is 2. The van der Waals surface area contributed by atoms with Crippen LogP contribution in [-0.2, 0) is 4.74 Å². The zero-order chi connectivity index (χ0) is 12.4. The van der Waals surface area contributed by atoms with Crippen LogP contribution >= 0.6 is 0 Å². The first-order valence-electron chi connectivity index (χ1n) is 6.77. The number of hydrogen-bond donors (Lipinski definition) is 1. The van der Waals surface area contributed by atoms with E-state index in [9.17, 15) is 4.79 Å². The standard InChI is InChI=1S/C13H19N3O2/c17-13-12(14-6-5-11-2-1-9-18-11)15-7-8-16(13)10-3-4-10/h7-8,10-11H,1-6,9H2,(H,14,15). The van der Waals surface area contributed by atoms with E-state index in [-0.39, 0.29) is 5.56 Å². The summed E-state index contributed by atoms with van der Waals surface area (Å²) in [6, 6.07) is 0.402. The molecule has 1 N–H and O–H groups in total. The van der Waals surface area contributed by atoms with Gasteiger partial charge in [-0.15, -0.1) is 0 Å². The lowest BCUT2D eigenvalue weighted by atomic mass is 10.2. The van der Waals surface area contributed by atoms with Gasteiger partial charge in [0.2, 0.25) is 0 Å². The van der Waals surface area contributed by atoms with Crippen molar-refractivity contribution in [3.63, 3.8) is 0 Å². The molecule has 1 aromatic rings. The molecule has 3 rings (SSSR count). The highest BCUT2D eigenvalue weighted by atomic mass is 16.5. The zero-order valence-electron chi connectivity index (χ0n) is 10.5. The summed E-state index contributed by atoms with van der Waals surface area (Å²) >= 11 is 0. The van der Waals surface area contributed by atoms with Gasteiger partial charge in [-0.25, -0.2) is 4.98 Å². The number of rotatable bonds is 5. The van der Waals surface area contributed by atoms with Crippen molar-refractivity contribution in [3.05, 3.63) is 22.7 Å². The number of anilines is 1. The summed E-state index contributed by atoms with van der Waals surface area (Å²) in [6.45, 7) is 1.63. The quantitative estimate of drug-likeness (QED) is 0.860. The zero-order valence-corrected chi connectivity index (χ0v) is 10.5. The summed E-state index contributed by atoms with van der Waals surface area (Å²) in [5.41, 5.74) is 0.00680. The molecule has 0 bridgehead atoms. The molecular weight excluding hydrogens is 230 g/mol. The molecule has 2 heterocycles. The molecule has 0 aromatic carbocycles. The second-order valence-corrected chi connectivity index (χ2v) is 5.07. The second kappa shape index (κ2) is 5.10. The van der Waals surface area contributed by atoms with Crippen molar-refractivity contribution in [2.75, 3.05) is 18.5 Å². The number of aromatic nitrogens is 2. The van der Waals surface area contributed by atoms with Crippen LogP contribution in [-0.4, -0.2) is 28.8 Å². The van der Waals surface area contributed by atoms with E-state index in [1.165, 1.54) is 0 Å². The fourth-order valence-electron chi connectivity index (χ4n) is 2.41. The highest BCUT2D eigenvalue weighted by Crippen LogP contribution is 2.33. The molecule has 0 radical (unpaired) electrons. The maximum atomic E-state index is 12.1. The Morgan fingerprint density at radius 2 is 2.33 bits per heavy atom. The van der Waals surface area contributed by atoms with E-state index >= 15 is 0 Å². The van der Waals surface area contributed by atoms with Crippen molar-refractivity contribution in [2.45, 2.75) is 44.2 Å². The molecule has 1 atom stereocenters. The monoisotopic (exact) mass is 249 g/mol. The summed E-state index contributed by atoms with van der Waals surface area (Å²) in [5, 5.41) is 3.14. The topological polar surface area (TPSA) is 56.1 Å². The average Bonchev–Trinajstić information content (AvgIpc) is 3.09. The van der Waals surface area contributed by atoms with E-state index in [4.69, 9.17) is 4.74 Å². The highest BCUT2D eigenvalue weighted by Gasteiger charge is 2.25. The third-order valence-electron chi connectivity index (χ3n) is 3.59. The Hall–Kier alpha value is -1.36. The van der Waals surface area contributed by atoms with E-state index in [0.717, 1.165) is 45.3 Å². The van der Waals surface area contributed by atoms with Gasteiger partial charge in [-0.3, -0.25) is 4.79 Å². The van der Waals surface area contributed by atoms with Gasteiger partial charge in [0.15, 0.2) is 5.82 Å². The summed E-state index contributed by atoms with van der Waals surface area (Å²) in [4.78, 5) is 16.2. The van der Waals surface area contributed by atoms with Gasteiger partial charge >= 0.3 is 0 Å². The molecule has 2 fully saturated rings. The normalized spacial score (nSPS) is 23.2. The van der Waals surface area contributed by atoms with Crippen molar-refractivity contribution in [1.29, 1.82) is 0 Å². The van der Waals surface area contributed by atoms with Crippen molar-refractivity contribution >= 4 is 5.82 Å². The highest BCUT2D eigenvalue weighted by molar-refractivity contribution is 5.31. The summed E-state index contributed by atoms with van der Waals surface area (Å²) in [6.07, 6.45) is 9.29. The Morgan fingerprint density at radius 1 is 1.44 bits per heavy atom. The molecule has 1 aliphatic heterocycles. The third-order valence-corrected chi connectivity index (χ3v) is 3.59. The molecule has 1 saturated heterocycles. The average molecular weight is 249 g/mol. The van der Waals surface area contributed by atoms with E-state index in [1.807, 2.05) is 0 Å². The number of ether oxygens (including phenoxy) is 1. The van der Waals surface area contributed by atoms with Crippen LogP contribution in [0.4, 0.5) is 5.82 Å². The number of nitrogens with one attached hydrogen (secondary N) is 1. The third kappa shape index (κ3) is 2.56. The molecule has 5 heteroatoms.